The largest absolute Gasteiger partial charge is 0.465 e. The first-order valence-electron chi connectivity index (χ1n) is 16.0. The van der Waals surface area contributed by atoms with Crippen LogP contribution in [0.25, 0.3) is 0 Å². The van der Waals surface area contributed by atoms with E-state index in [1.165, 1.54) is 11.1 Å². The second kappa shape index (κ2) is 16.9. The molecule has 4 atom stereocenters. The number of rotatable bonds is 13. The molecule has 5 rings (SSSR count). The summed E-state index contributed by atoms with van der Waals surface area (Å²) in [6, 6.07) is 35.6. The Morgan fingerprint density at radius 1 is 0.787 bits per heavy atom. The van der Waals surface area contributed by atoms with E-state index in [0.29, 0.717) is 12.2 Å². The summed E-state index contributed by atoms with van der Waals surface area (Å²) in [5, 5.41) is 14.8. The molecule has 47 heavy (non-hydrogen) atoms. The van der Waals surface area contributed by atoms with Crippen molar-refractivity contribution in [2.45, 2.75) is 52.0 Å². The third-order valence-corrected chi connectivity index (χ3v) is 8.20. The number of ether oxygens (including phenoxy) is 3. The van der Waals surface area contributed by atoms with Gasteiger partial charge in [0.25, 0.3) is 0 Å². The van der Waals surface area contributed by atoms with Gasteiger partial charge in [-0.1, -0.05) is 104 Å². The van der Waals surface area contributed by atoms with Gasteiger partial charge in [0.2, 0.25) is 0 Å². The lowest BCUT2D eigenvalue weighted by Gasteiger charge is -2.43. The molecule has 0 spiro atoms. The maximum atomic E-state index is 12.3. The molecule has 246 valence electrons. The molecule has 1 aliphatic heterocycles. The lowest BCUT2D eigenvalue weighted by atomic mass is 9.89. The van der Waals surface area contributed by atoms with E-state index < -0.39 is 18.3 Å². The summed E-state index contributed by atoms with van der Waals surface area (Å²) in [5.74, 6) is -0.482. The quantitative estimate of drug-likeness (QED) is 0.147. The van der Waals surface area contributed by atoms with Crippen molar-refractivity contribution in [2.75, 3.05) is 25.0 Å². The zero-order chi connectivity index (χ0) is 33.0. The first kappa shape index (κ1) is 33.8. The SMILES string of the molecule is CCOC(=O)CNC(=O)Nc1ccc([C@H]2O[C@@H](CN(Cc3ccccc3)Cc3ccccc3)[C@@H](C)[C@@H](c3ccc(CO)cc3)O2)cc1. The summed E-state index contributed by atoms with van der Waals surface area (Å²) in [5.41, 5.74) is 5.68. The first-order valence-corrected chi connectivity index (χ1v) is 16.0. The normalized spacial score (nSPS) is 19.2. The molecule has 1 fully saturated rings. The number of benzene rings is 4. The van der Waals surface area contributed by atoms with Gasteiger partial charge in [0.15, 0.2) is 6.29 Å². The summed E-state index contributed by atoms with van der Waals surface area (Å²) in [7, 11) is 0. The van der Waals surface area contributed by atoms with Gasteiger partial charge in [-0.2, -0.15) is 0 Å². The second-order valence-electron chi connectivity index (χ2n) is 11.7. The van der Waals surface area contributed by atoms with Crippen LogP contribution >= 0.6 is 0 Å². The fourth-order valence-corrected chi connectivity index (χ4v) is 5.71. The molecule has 0 unspecified atom stereocenters. The summed E-state index contributed by atoms with van der Waals surface area (Å²) in [6.07, 6.45) is -1.08. The van der Waals surface area contributed by atoms with Crippen LogP contribution in [0.15, 0.2) is 109 Å². The van der Waals surface area contributed by atoms with Crippen LogP contribution in [0.2, 0.25) is 0 Å². The number of esters is 1. The number of carbonyl (C=O) groups is 2. The van der Waals surface area contributed by atoms with E-state index in [-0.39, 0.29) is 37.9 Å². The van der Waals surface area contributed by atoms with E-state index in [2.05, 4.69) is 71.0 Å². The third-order valence-electron chi connectivity index (χ3n) is 8.20. The molecule has 1 saturated heterocycles. The van der Waals surface area contributed by atoms with Crippen LogP contribution in [0.4, 0.5) is 10.5 Å². The monoisotopic (exact) mass is 637 g/mol. The lowest BCUT2D eigenvalue weighted by molar-refractivity contribution is -0.276. The Bertz CT molecular complexity index is 1510. The van der Waals surface area contributed by atoms with Gasteiger partial charge < -0.3 is 30.0 Å². The number of hydrogen-bond acceptors (Lipinski definition) is 7. The van der Waals surface area contributed by atoms with Gasteiger partial charge in [0, 0.05) is 36.8 Å². The number of nitrogens with one attached hydrogen (secondary N) is 2. The van der Waals surface area contributed by atoms with Crippen molar-refractivity contribution in [3.05, 3.63) is 137 Å². The highest BCUT2D eigenvalue weighted by molar-refractivity contribution is 5.91. The molecule has 9 heteroatoms. The number of aliphatic hydroxyl groups is 1. The lowest BCUT2D eigenvalue weighted by Crippen LogP contribution is -2.44. The molecular formula is C38H43N3O6. The number of anilines is 1. The molecule has 0 bridgehead atoms. The number of hydrogen-bond donors (Lipinski definition) is 3. The number of nitrogens with zero attached hydrogens (tertiary/aromatic N) is 1. The Hall–Kier alpha value is -4.54. The van der Waals surface area contributed by atoms with Crippen LogP contribution in [-0.2, 0) is 38.7 Å². The number of carbonyl (C=O) groups excluding carboxylic acids is 2. The summed E-state index contributed by atoms with van der Waals surface area (Å²) in [6.45, 7) is 6.10. The van der Waals surface area contributed by atoms with Gasteiger partial charge in [0.1, 0.15) is 6.54 Å². The predicted octanol–water partition coefficient (Wildman–Crippen LogP) is 6.36. The average Bonchev–Trinajstić information content (AvgIpc) is 3.10. The van der Waals surface area contributed by atoms with Crippen molar-refractivity contribution in [3.63, 3.8) is 0 Å². The van der Waals surface area contributed by atoms with Crippen LogP contribution in [0.3, 0.4) is 0 Å². The molecule has 3 N–H and O–H groups in total. The average molecular weight is 638 g/mol. The van der Waals surface area contributed by atoms with E-state index in [4.69, 9.17) is 14.2 Å². The summed E-state index contributed by atoms with van der Waals surface area (Å²) < 4.78 is 18.2. The standard InChI is InChI=1S/C38H43N3O6/c1-3-45-35(43)22-39-38(44)40-33-20-18-32(19-21-33)37-46-34(27(2)36(47-37)31-16-14-30(26-42)15-17-31)25-41(23-28-10-6-4-7-11-28)24-29-12-8-5-9-13-29/h4-21,27,34,36-37,42H,3,22-26H2,1-2H3,(H2,39,40,44)/t27-,34+,36+,37+/m1/s1. The smallest absolute Gasteiger partial charge is 0.325 e. The summed E-state index contributed by atoms with van der Waals surface area (Å²) >= 11 is 0. The Morgan fingerprint density at radius 3 is 1.96 bits per heavy atom. The maximum Gasteiger partial charge on any atom is 0.325 e. The van der Waals surface area contributed by atoms with Crippen molar-refractivity contribution < 1.29 is 28.9 Å². The van der Waals surface area contributed by atoms with Crippen LogP contribution in [0.5, 0.6) is 0 Å². The molecule has 1 heterocycles. The molecule has 1 aliphatic rings. The van der Waals surface area contributed by atoms with E-state index in [1.807, 2.05) is 48.5 Å². The minimum absolute atomic E-state index is 0.0179. The Labute approximate surface area is 276 Å². The van der Waals surface area contributed by atoms with E-state index in [9.17, 15) is 14.7 Å². The van der Waals surface area contributed by atoms with Gasteiger partial charge >= 0.3 is 12.0 Å². The third kappa shape index (κ3) is 9.73. The molecule has 0 aromatic heterocycles. The molecule has 4 aromatic rings. The predicted molar refractivity (Wildman–Crippen MR) is 180 cm³/mol. The molecule has 0 saturated carbocycles. The molecular weight excluding hydrogens is 594 g/mol. The first-order chi connectivity index (χ1) is 22.9. The maximum absolute atomic E-state index is 12.3. The van der Waals surface area contributed by atoms with E-state index in [0.717, 1.165) is 29.8 Å². The second-order valence-corrected chi connectivity index (χ2v) is 11.7. The van der Waals surface area contributed by atoms with Gasteiger partial charge in [-0.3, -0.25) is 9.69 Å². The minimum atomic E-state index is -0.652. The van der Waals surface area contributed by atoms with Gasteiger partial charge in [-0.05, 0) is 41.3 Å². The van der Waals surface area contributed by atoms with Gasteiger partial charge in [-0.25, -0.2) is 4.79 Å². The van der Waals surface area contributed by atoms with Crippen LogP contribution in [0, 0.1) is 5.92 Å². The topological polar surface area (TPSA) is 109 Å². The van der Waals surface area contributed by atoms with Gasteiger partial charge in [0.05, 0.1) is 25.4 Å². The highest BCUT2D eigenvalue weighted by atomic mass is 16.7. The zero-order valence-electron chi connectivity index (χ0n) is 26.9. The van der Waals surface area contributed by atoms with Crippen molar-refractivity contribution in [1.29, 1.82) is 0 Å². The van der Waals surface area contributed by atoms with Crippen molar-refractivity contribution in [1.82, 2.24) is 10.2 Å². The Kier molecular flexibility index (Phi) is 12.1. The highest BCUT2D eigenvalue weighted by Gasteiger charge is 2.39. The van der Waals surface area contributed by atoms with Crippen LogP contribution in [0.1, 0.15) is 54.1 Å². The van der Waals surface area contributed by atoms with Crippen molar-refractivity contribution in [2.24, 2.45) is 5.92 Å². The zero-order valence-corrected chi connectivity index (χ0v) is 26.9. The van der Waals surface area contributed by atoms with Crippen molar-refractivity contribution in [3.8, 4) is 0 Å². The van der Waals surface area contributed by atoms with E-state index in [1.54, 1.807) is 19.1 Å². The van der Waals surface area contributed by atoms with Crippen LogP contribution < -0.4 is 10.6 Å². The van der Waals surface area contributed by atoms with Crippen molar-refractivity contribution >= 4 is 17.7 Å². The molecule has 4 aromatic carbocycles. The highest BCUT2D eigenvalue weighted by Crippen LogP contribution is 2.42. The summed E-state index contributed by atoms with van der Waals surface area (Å²) in [4.78, 5) is 26.3. The molecule has 0 aliphatic carbocycles. The fourth-order valence-electron chi connectivity index (χ4n) is 5.71. The number of aliphatic hydroxyl groups excluding tert-OH is 1. The fraction of sp³-hybridized carbons (Fsp3) is 0.316. The minimum Gasteiger partial charge on any atom is -0.465 e. The number of urea groups is 1. The van der Waals surface area contributed by atoms with E-state index >= 15 is 0 Å². The molecule has 9 nitrogen and oxygen atoms in total. The van der Waals surface area contributed by atoms with Gasteiger partial charge in [-0.15, -0.1) is 0 Å². The molecule has 2 amide bonds. The Balaban J connectivity index is 1.36. The Morgan fingerprint density at radius 2 is 1.38 bits per heavy atom. The number of amides is 2. The van der Waals surface area contributed by atoms with Crippen LogP contribution in [-0.4, -0.2) is 47.8 Å². The molecule has 0 radical (unpaired) electrons.